The van der Waals surface area contributed by atoms with E-state index >= 15 is 0 Å². The highest BCUT2D eigenvalue weighted by atomic mass is 127. The summed E-state index contributed by atoms with van der Waals surface area (Å²) in [7, 11) is 0. The number of halogens is 1. The van der Waals surface area contributed by atoms with Gasteiger partial charge >= 0.3 is 0 Å². The quantitative estimate of drug-likeness (QED) is 0.495. The van der Waals surface area contributed by atoms with Gasteiger partial charge in [-0.05, 0) is 12.5 Å². The molecule has 0 spiro atoms. The minimum absolute atomic E-state index is 1.00. The molecule has 0 aliphatic heterocycles. The van der Waals surface area contributed by atoms with E-state index in [-0.39, 0.29) is 0 Å². The molecule has 0 aromatic carbocycles. The van der Waals surface area contributed by atoms with Crippen LogP contribution in [0.5, 0.6) is 0 Å². The number of nitrogens with one attached hydrogen (secondary N) is 1. The number of hydrogen-bond donors (Lipinski definition) is 1. The fourth-order valence-corrected chi connectivity index (χ4v) is 1.12. The molecule has 10 heavy (non-hydrogen) atoms. The minimum atomic E-state index is 1.00. The van der Waals surface area contributed by atoms with Crippen molar-refractivity contribution in [2.24, 2.45) is 0 Å². The third-order valence-corrected chi connectivity index (χ3v) is 1.76. The Morgan fingerprint density at radius 3 is 3.10 bits per heavy atom. The van der Waals surface area contributed by atoms with Gasteiger partial charge in [0.25, 0.3) is 0 Å². The van der Waals surface area contributed by atoms with Crippen LogP contribution in [-0.4, -0.2) is 16.3 Å². The second kappa shape index (κ2) is 4.68. The molecule has 1 aromatic heterocycles. The number of hydrogen-bond acceptors (Lipinski definition) is 2. The van der Waals surface area contributed by atoms with Gasteiger partial charge in [-0.25, -0.2) is 0 Å². The number of aryl methyl sites for hydroxylation is 1. The minimum Gasteiger partial charge on any atom is -0.273 e. The SMILES string of the molecule is INCCCn1cccn1. The Kier molecular flexibility index (Phi) is 3.74. The zero-order chi connectivity index (χ0) is 7.23. The van der Waals surface area contributed by atoms with Crippen molar-refractivity contribution in [3.63, 3.8) is 0 Å². The summed E-state index contributed by atoms with van der Waals surface area (Å²) in [6.45, 7) is 2.05. The maximum Gasteiger partial charge on any atom is 0.0489 e. The highest BCUT2D eigenvalue weighted by molar-refractivity contribution is 14.1. The van der Waals surface area contributed by atoms with Crippen LogP contribution in [0.3, 0.4) is 0 Å². The molecule has 0 unspecified atom stereocenters. The van der Waals surface area contributed by atoms with Gasteiger partial charge in [0.15, 0.2) is 0 Å². The van der Waals surface area contributed by atoms with Crippen molar-refractivity contribution >= 4 is 22.9 Å². The van der Waals surface area contributed by atoms with E-state index < -0.39 is 0 Å². The molecular formula is C6H10IN3. The van der Waals surface area contributed by atoms with Crippen LogP contribution in [0.1, 0.15) is 6.42 Å². The summed E-state index contributed by atoms with van der Waals surface area (Å²) >= 11 is 2.15. The summed E-state index contributed by atoms with van der Waals surface area (Å²) in [5, 5.41) is 4.07. The molecular weight excluding hydrogens is 241 g/mol. The standard InChI is InChI=1S/C6H10IN3/c7-8-3-1-5-10-6-2-4-9-10/h2,4,6,8H,1,3,5H2. The van der Waals surface area contributed by atoms with Crippen LogP contribution in [0.15, 0.2) is 18.5 Å². The summed E-state index contributed by atoms with van der Waals surface area (Å²) in [6.07, 6.45) is 4.91. The molecule has 1 aromatic rings. The van der Waals surface area contributed by atoms with Crippen LogP contribution in [0.4, 0.5) is 0 Å². The number of rotatable bonds is 4. The van der Waals surface area contributed by atoms with Gasteiger partial charge in [0.2, 0.25) is 0 Å². The maximum atomic E-state index is 4.07. The summed E-state index contributed by atoms with van der Waals surface area (Å²) in [5.41, 5.74) is 0. The van der Waals surface area contributed by atoms with Gasteiger partial charge in [-0.2, -0.15) is 5.10 Å². The topological polar surface area (TPSA) is 29.9 Å². The molecule has 0 bridgehead atoms. The Morgan fingerprint density at radius 2 is 2.50 bits per heavy atom. The van der Waals surface area contributed by atoms with Crippen LogP contribution in [0.2, 0.25) is 0 Å². The first-order valence-corrected chi connectivity index (χ1v) is 4.32. The molecule has 1 heterocycles. The molecule has 56 valence electrons. The zero-order valence-electron chi connectivity index (χ0n) is 5.63. The molecule has 0 aliphatic carbocycles. The molecule has 0 radical (unpaired) electrons. The van der Waals surface area contributed by atoms with E-state index in [0.29, 0.717) is 0 Å². The van der Waals surface area contributed by atoms with Gasteiger partial charge in [0.05, 0.1) is 0 Å². The molecule has 1 rings (SSSR count). The van der Waals surface area contributed by atoms with E-state index in [4.69, 9.17) is 0 Å². The average molecular weight is 251 g/mol. The van der Waals surface area contributed by atoms with Gasteiger partial charge in [0, 0.05) is 48.3 Å². The van der Waals surface area contributed by atoms with Crippen LogP contribution < -0.4 is 3.53 Å². The Labute approximate surface area is 74.3 Å². The van der Waals surface area contributed by atoms with E-state index in [1.54, 1.807) is 6.20 Å². The van der Waals surface area contributed by atoms with Crippen molar-refractivity contribution in [3.05, 3.63) is 18.5 Å². The van der Waals surface area contributed by atoms with E-state index in [1.807, 2.05) is 16.9 Å². The van der Waals surface area contributed by atoms with Gasteiger partial charge < -0.3 is 0 Å². The van der Waals surface area contributed by atoms with Crippen LogP contribution in [0.25, 0.3) is 0 Å². The molecule has 0 fully saturated rings. The van der Waals surface area contributed by atoms with E-state index in [9.17, 15) is 0 Å². The van der Waals surface area contributed by atoms with E-state index in [2.05, 4.69) is 31.5 Å². The predicted molar refractivity (Wildman–Crippen MR) is 48.9 cm³/mol. The molecule has 0 aliphatic rings. The highest BCUT2D eigenvalue weighted by Crippen LogP contribution is 1.88. The Bertz CT molecular complexity index is 162. The first-order valence-electron chi connectivity index (χ1n) is 3.24. The van der Waals surface area contributed by atoms with E-state index in [1.165, 1.54) is 0 Å². The van der Waals surface area contributed by atoms with Crippen molar-refractivity contribution in [1.29, 1.82) is 0 Å². The van der Waals surface area contributed by atoms with Crippen molar-refractivity contribution in [2.75, 3.05) is 6.54 Å². The molecule has 0 saturated heterocycles. The first-order chi connectivity index (χ1) is 4.93. The van der Waals surface area contributed by atoms with Crippen molar-refractivity contribution in [1.82, 2.24) is 13.3 Å². The van der Waals surface area contributed by atoms with Gasteiger partial charge in [-0.15, -0.1) is 0 Å². The summed E-state index contributed by atoms with van der Waals surface area (Å²) in [6, 6.07) is 1.94. The summed E-state index contributed by atoms with van der Waals surface area (Å²) in [5.74, 6) is 0. The number of nitrogens with zero attached hydrogens (tertiary/aromatic N) is 2. The molecule has 0 atom stereocenters. The second-order valence-electron chi connectivity index (χ2n) is 2.01. The molecule has 4 heteroatoms. The monoisotopic (exact) mass is 251 g/mol. The van der Waals surface area contributed by atoms with Crippen molar-refractivity contribution in [2.45, 2.75) is 13.0 Å². The lowest BCUT2D eigenvalue weighted by Gasteiger charge is -1.98. The molecule has 0 saturated carbocycles. The maximum absolute atomic E-state index is 4.07. The highest BCUT2D eigenvalue weighted by Gasteiger charge is 1.87. The third kappa shape index (κ3) is 2.66. The first kappa shape index (κ1) is 8.00. The zero-order valence-corrected chi connectivity index (χ0v) is 7.78. The Morgan fingerprint density at radius 1 is 1.60 bits per heavy atom. The lowest BCUT2D eigenvalue weighted by atomic mass is 10.4. The third-order valence-electron chi connectivity index (χ3n) is 1.22. The summed E-state index contributed by atoms with van der Waals surface area (Å²) < 4.78 is 5.00. The molecule has 0 amide bonds. The number of aromatic nitrogens is 2. The van der Waals surface area contributed by atoms with Gasteiger partial charge in [0.1, 0.15) is 0 Å². The van der Waals surface area contributed by atoms with Gasteiger partial charge in [-0.1, -0.05) is 0 Å². The van der Waals surface area contributed by atoms with Gasteiger partial charge in [-0.3, -0.25) is 8.21 Å². The normalized spacial score (nSPS) is 10.1. The summed E-state index contributed by atoms with van der Waals surface area (Å²) in [4.78, 5) is 0. The largest absolute Gasteiger partial charge is 0.273 e. The Balaban J connectivity index is 2.15. The van der Waals surface area contributed by atoms with Crippen molar-refractivity contribution in [3.8, 4) is 0 Å². The fraction of sp³-hybridized carbons (Fsp3) is 0.500. The lowest BCUT2D eigenvalue weighted by Crippen LogP contribution is -2.06. The Hall–Kier alpha value is -0.100. The fourth-order valence-electron chi connectivity index (χ4n) is 0.741. The smallest absolute Gasteiger partial charge is 0.0489 e. The van der Waals surface area contributed by atoms with Crippen molar-refractivity contribution < 1.29 is 0 Å². The average Bonchev–Trinajstić information content (AvgIpc) is 2.41. The van der Waals surface area contributed by atoms with Crippen LogP contribution in [0, 0.1) is 0 Å². The lowest BCUT2D eigenvalue weighted by molar-refractivity contribution is 0.580. The van der Waals surface area contributed by atoms with Crippen LogP contribution in [-0.2, 0) is 6.54 Å². The van der Waals surface area contributed by atoms with Crippen LogP contribution >= 0.6 is 22.9 Å². The second-order valence-corrected chi connectivity index (χ2v) is 2.77. The predicted octanol–water partition coefficient (Wildman–Crippen LogP) is 1.21. The van der Waals surface area contributed by atoms with E-state index in [0.717, 1.165) is 19.5 Å². The molecule has 1 N–H and O–H groups in total. The molecule has 3 nitrogen and oxygen atoms in total.